The van der Waals surface area contributed by atoms with Crippen molar-refractivity contribution in [2.45, 2.75) is 24.8 Å². The Labute approximate surface area is 159 Å². The molecule has 0 bridgehead atoms. The number of sulfonamides is 2. The maximum atomic E-state index is 12.9. The molecule has 3 rings (SSSR count). The third-order valence-corrected chi connectivity index (χ3v) is 7.97. The molecule has 1 aliphatic heterocycles. The number of anilines is 1. The van der Waals surface area contributed by atoms with Gasteiger partial charge in [0.15, 0.2) is 0 Å². The summed E-state index contributed by atoms with van der Waals surface area (Å²) in [5.74, 6) is -0.739. The van der Waals surface area contributed by atoms with Crippen molar-refractivity contribution in [3.05, 3.63) is 60.2 Å². The van der Waals surface area contributed by atoms with Crippen molar-refractivity contribution in [2.75, 3.05) is 16.6 Å². The zero-order chi connectivity index (χ0) is 19.7. The second-order valence-electron chi connectivity index (χ2n) is 6.13. The zero-order valence-corrected chi connectivity index (χ0v) is 16.4. The van der Waals surface area contributed by atoms with Crippen molar-refractivity contribution in [2.24, 2.45) is 0 Å². The van der Waals surface area contributed by atoms with Crippen LogP contribution in [0.4, 0.5) is 5.69 Å². The van der Waals surface area contributed by atoms with Crippen molar-refractivity contribution in [1.29, 1.82) is 0 Å². The monoisotopic (exact) mass is 408 g/mol. The van der Waals surface area contributed by atoms with Crippen LogP contribution in [0.1, 0.15) is 18.9 Å². The highest BCUT2D eigenvalue weighted by molar-refractivity contribution is 7.94. The Morgan fingerprint density at radius 2 is 1.67 bits per heavy atom. The molecular weight excluding hydrogens is 388 g/mol. The molecule has 1 aliphatic rings. The van der Waals surface area contributed by atoms with E-state index >= 15 is 0 Å². The highest BCUT2D eigenvalue weighted by Crippen LogP contribution is 2.27. The summed E-state index contributed by atoms with van der Waals surface area (Å²) in [7, 11) is -7.43. The minimum atomic E-state index is -3.75. The average molecular weight is 409 g/mol. The van der Waals surface area contributed by atoms with Crippen LogP contribution in [0.3, 0.4) is 0 Å². The van der Waals surface area contributed by atoms with Gasteiger partial charge in [-0.2, -0.15) is 4.31 Å². The van der Waals surface area contributed by atoms with Crippen molar-refractivity contribution < 1.29 is 21.6 Å². The van der Waals surface area contributed by atoms with Gasteiger partial charge in [-0.25, -0.2) is 21.1 Å². The van der Waals surface area contributed by atoms with Gasteiger partial charge in [-0.3, -0.25) is 4.79 Å². The number of benzene rings is 2. The molecule has 0 spiro atoms. The van der Waals surface area contributed by atoms with Gasteiger partial charge in [0.25, 0.3) is 0 Å². The summed E-state index contributed by atoms with van der Waals surface area (Å²) >= 11 is 0. The molecule has 144 valence electrons. The Kier molecular flexibility index (Phi) is 5.36. The first-order chi connectivity index (χ1) is 12.8. The molecule has 0 atom stereocenters. The maximum absolute atomic E-state index is 12.9. The SMILES string of the molecule is CCN(Cc1ccccc1)S(=O)(=O)c1ccc(N2C(=O)CCS2(=O)=O)cc1. The Hall–Kier alpha value is -2.23. The fraction of sp³-hybridized carbons (Fsp3) is 0.278. The standard InChI is InChI=1S/C18H20N2O5S2/c1-2-19(14-15-6-4-3-5-7-15)27(24,25)17-10-8-16(9-11-17)20-18(21)12-13-26(20,22)23/h3-11H,2,12-14H2,1H3. The van der Waals surface area contributed by atoms with E-state index in [1.807, 2.05) is 30.3 Å². The van der Waals surface area contributed by atoms with E-state index in [-0.39, 0.29) is 35.8 Å². The molecule has 2 aromatic rings. The summed E-state index contributed by atoms with van der Waals surface area (Å²) < 4.78 is 51.9. The summed E-state index contributed by atoms with van der Waals surface area (Å²) in [6.07, 6.45) is -0.0664. The van der Waals surface area contributed by atoms with Crippen LogP contribution >= 0.6 is 0 Å². The largest absolute Gasteiger partial charge is 0.273 e. The van der Waals surface area contributed by atoms with Crippen molar-refractivity contribution in [3.63, 3.8) is 0 Å². The Morgan fingerprint density at radius 3 is 2.19 bits per heavy atom. The summed E-state index contributed by atoms with van der Waals surface area (Å²) in [5, 5.41) is 0. The summed E-state index contributed by atoms with van der Waals surface area (Å²) in [4.78, 5) is 11.9. The van der Waals surface area contributed by atoms with Crippen LogP contribution in [-0.4, -0.2) is 39.3 Å². The molecule has 0 N–H and O–H groups in total. The molecule has 2 aromatic carbocycles. The Bertz CT molecular complexity index is 1030. The van der Waals surface area contributed by atoms with Crippen molar-refractivity contribution >= 4 is 31.6 Å². The highest BCUT2D eigenvalue weighted by atomic mass is 32.2. The maximum Gasteiger partial charge on any atom is 0.243 e. The number of nitrogens with zero attached hydrogens (tertiary/aromatic N) is 2. The van der Waals surface area contributed by atoms with Gasteiger partial charge in [-0.1, -0.05) is 37.3 Å². The summed E-state index contributed by atoms with van der Waals surface area (Å²) in [6, 6.07) is 14.6. The lowest BCUT2D eigenvalue weighted by Gasteiger charge is -2.21. The number of amides is 1. The highest BCUT2D eigenvalue weighted by Gasteiger charge is 2.36. The van der Waals surface area contributed by atoms with Crippen molar-refractivity contribution in [1.82, 2.24) is 4.31 Å². The lowest BCUT2D eigenvalue weighted by molar-refractivity contribution is -0.116. The van der Waals surface area contributed by atoms with Gasteiger partial charge in [0.05, 0.1) is 16.3 Å². The first-order valence-corrected chi connectivity index (χ1v) is 11.5. The van der Waals surface area contributed by atoms with Gasteiger partial charge >= 0.3 is 0 Å². The molecule has 1 fully saturated rings. The van der Waals surface area contributed by atoms with Crippen LogP contribution in [0.2, 0.25) is 0 Å². The Morgan fingerprint density at radius 1 is 1.04 bits per heavy atom. The van der Waals surface area contributed by atoms with E-state index in [4.69, 9.17) is 0 Å². The third kappa shape index (κ3) is 3.90. The molecule has 0 unspecified atom stereocenters. The van der Waals surface area contributed by atoms with Crippen LogP contribution in [0.15, 0.2) is 59.5 Å². The van der Waals surface area contributed by atoms with Crippen LogP contribution in [0.25, 0.3) is 0 Å². The van der Waals surface area contributed by atoms with Gasteiger partial charge in [-0.15, -0.1) is 0 Å². The summed E-state index contributed by atoms with van der Waals surface area (Å²) in [5.41, 5.74) is 1.02. The van der Waals surface area contributed by atoms with E-state index in [0.29, 0.717) is 0 Å². The molecule has 1 heterocycles. The van der Waals surface area contributed by atoms with Gasteiger partial charge in [0.2, 0.25) is 26.0 Å². The molecular formula is C18H20N2O5S2. The summed E-state index contributed by atoms with van der Waals surface area (Å²) in [6.45, 7) is 2.28. The number of rotatable bonds is 6. The normalized spacial score (nSPS) is 16.8. The fourth-order valence-electron chi connectivity index (χ4n) is 2.93. The lowest BCUT2D eigenvalue weighted by atomic mass is 10.2. The number of hydrogen-bond donors (Lipinski definition) is 0. The molecule has 0 saturated carbocycles. The number of carbonyl (C=O) groups excluding carboxylic acids is 1. The van der Waals surface area contributed by atoms with E-state index in [2.05, 4.69) is 0 Å². The van der Waals surface area contributed by atoms with E-state index in [0.717, 1.165) is 9.87 Å². The second-order valence-corrected chi connectivity index (χ2v) is 10.0. The van der Waals surface area contributed by atoms with Crippen LogP contribution < -0.4 is 4.31 Å². The van der Waals surface area contributed by atoms with Crippen LogP contribution in [0.5, 0.6) is 0 Å². The predicted molar refractivity (Wildman–Crippen MR) is 102 cm³/mol. The molecule has 7 nitrogen and oxygen atoms in total. The fourth-order valence-corrected chi connectivity index (χ4v) is 5.82. The Balaban J connectivity index is 1.88. The van der Waals surface area contributed by atoms with Crippen molar-refractivity contribution in [3.8, 4) is 0 Å². The predicted octanol–water partition coefficient (Wildman–Crippen LogP) is 1.96. The quantitative estimate of drug-likeness (QED) is 0.729. The molecule has 9 heteroatoms. The van der Waals surface area contributed by atoms with E-state index in [1.165, 1.54) is 28.6 Å². The molecule has 0 aliphatic carbocycles. The average Bonchev–Trinajstić information content (AvgIpc) is 2.93. The van der Waals surface area contributed by atoms with E-state index in [9.17, 15) is 21.6 Å². The van der Waals surface area contributed by atoms with Gasteiger partial charge in [0, 0.05) is 19.5 Å². The smallest absolute Gasteiger partial charge is 0.243 e. The topological polar surface area (TPSA) is 91.8 Å². The second kappa shape index (κ2) is 7.41. The van der Waals surface area contributed by atoms with E-state index < -0.39 is 26.0 Å². The van der Waals surface area contributed by atoms with E-state index in [1.54, 1.807) is 6.92 Å². The minimum Gasteiger partial charge on any atom is -0.273 e. The van der Waals surface area contributed by atoms with Gasteiger partial charge in [0.1, 0.15) is 0 Å². The molecule has 27 heavy (non-hydrogen) atoms. The first-order valence-electron chi connectivity index (χ1n) is 8.45. The van der Waals surface area contributed by atoms with Crippen LogP contribution in [-0.2, 0) is 31.4 Å². The molecule has 0 radical (unpaired) electrons. The van der Waals surface area contributed by atoms with Crippen LogP contribution in [0, 0.1) is 0 Å². The first kappa shape index (κ1) is 19.5. The molecule has 1 saturated heterocycles. The lowest BCUT2D eigenvalue weighted by Crippen LogP contribution is -2.31. The molecule has 1 amide bonds. The molecule has 0 aromatic heterocycles. The third-order valence-electron chi connectivity index (χ3n) is 4.34. The minimum absolute atomic E-state index is 0.0491. The van der Waals surface area contributed by atoms with Gasteiger partial charge < -0.3 is 0 Å². The number of carbonyl (C=O) groups is 1. The van der Waals surface area contributed by atoms with Gasteiger partial charge in [-0.05, 0) is 29.8 Å². The zero-order valence-electron chi connectivity index (χ0n) is 14.8. The number of hydrogen-bond acceptors (Lipinski definition) is 5.